The summed E-state index contributed by atoms with van der Waals surface area (Å²) in [6.07, 6.45) is 4.77. The van der Waals surface area contributed by atoms with E-state index in [1.54, 1.807) is 12.2 Å². The van der Waals surface area contributed by atoms with E-state index in [0.717, 1.165) is 5.56 Å². The molecule has 1 atom stereocenters. The zero-order chi connectivity index (χ0) is 18.9. The molecule has 0 radical (unpaired) electrons. The van der Waals surface area contributed by atoms with Gasteiger partial charge in [0.25, 0.3) is 0 Å². The van der Waals surface area contributed by atoms with Crippen LogP contribution in [0.4, 0.5) is 4.39 Å². The van der Waals surface area contributed by atoms with Crippen LogP contribution in [0.3, 0.4) is 0 Å². The van der Waals surface area contributed by atoms with Gasteiger partial charge in [-0.3, -0.25) is 4.79 Å². The van der Waals surface area contributed by atoms with Crippen molar-refractivity contribution in [2.24, 2.45) is 11.5 Å². The maximum Gasteiger partial charge on any atom is 0.184 e. The smallest absolute Gasteiger partial charge is 0.184 e. The predicted octanol–water partition coefficient (Wildman–Crippen LogP) is 3.04. The summed E-state index contributed by atoms with van der Waals surface area (Å²) in [5.41, 5.74) is 14.0. The van der Waals surface area contributed by atoms with Gasteiger partial charge in [-0.15, -0.1) is 0 Å². The lowest BCUT2D eigenvalue weighted by atomic mass is 9.97. The summed E-state index contributed by atoms with van der Waals surface area (Å²) in [5.74, 6) is -0.360. The summed E-state index contributed by atoms with van der Waals surface area (Å²) in [6, 6.07) is 14.1. The van der Waals surface area contributed by atoms with Crippen molar-refractivity contribution in [2.45, 2.75) is 12.6 Å². The molecule has 2 rings (SSSR count). The average molecular weight is 351 g/mol. The van der Waals surface area contributed by atoms with Crippen LogP contribution in [-0.4, -0.2) is 11.8 Å². The van der Waals surface area contributed by atoms with Crippen molar-refractivity contribution in [1.82, 2.24) is 5.32 Å². The van der Waals surface area contributed by atoms with Crippen LogP contribution in [0, 0.1) is 5.82 Å². The van der Waals surface area contributed by atoms with E-state index in [4.69, 9.17) is 11.5 Å². The minimum atomic E-state index is -0.935. The summed E-state index contributed by atoms with van der Waals surface area (Å²) >= 11 is 0. The highest BCUT2D eigenvalue weighted by molar-refractivity contribution is 6.02. The zero-order valence-corrected chi connectivity index (χ0v) is 14.4. The monoisotopic (exact) mass is 351 g/mol. The molecule has 0 aromatic heterocycles. The largest absolute Gasteiger partial charge is 0.386 e. The number of nitrogens with one attached hydrogen (secondary N) is 1. The third-order valence-corrected chi connectivity index (χ3v) is 3.74. The first-order valence-electron chi connectivity index (χ1n) is 8.14. The highest BCUT2D eigenvalue weighted by Crippen LogP contribution is 2.12. The zero-order valence-electron chi connectivity index (χ0n) is 14.4. The van der Waals surface area contributed by atoms with Gasteiger partial charge in [-0.25, -0.2) is 4.39 Å². The molecule has 0 bridgehead atoms. The summed E-state index contributed by atoms with van der Waals surface area (Å²) in [7, 11) is 0. The molecule has 2 aromatic carbocycles. The van der Waals surface area contributed by atoms with Crippen LogP contribution in [0.1, 0.15) is 15.9 Å². The van der Waals surface area contributed by atoms with Crippen LogP contribution in [0.5, 0.6) is 0 Å². The van der Waals surface area contributed by atoms with Crippen LogP contribution in [0.15, 0.2) is 90.8 Å². The Labute approximate surface area is 152 Å². The maximum absolute atomic E-state index is 13.0. The van der Waals surface area contributed by atoms with Crippen molar-refractivity contribution in [1.29, 1.82) is 0 Å². The molecule has 0 saturated carbocycles. The van der Waals surface area contributed by atoms with E-state index in [1.807, 2.05) is 30.3 Å². The molecule has 0 aliphatic rings. The predicted molar refractivity (Wildman–Crippen MR) is 103 cm³/mol. The van der Waals surface area contributed by atoms with E-state index in [2.05, 4.69) is 11.9 Å². The normalized spacial score (nSPS) is 13.2. The molecule has 0 amide bonds. The molecule has 1 unspecified atom stereocenters. The Hall–Kier alpha value is -3.18. The Morgan fingerprint density at radius 3 is 2.42 bits per heavy atom. The quantitative estimate of drug-likeness (QED) is 0.504. The number of hydrogen-bond donors (Lipinski definition) is 3. The molecular formula is C21H22FN3O. The van der Waals surface area contributed by atoms with Crippen molar-refractivity contribution in [3.8, 4) is 0 Å². The lowest BCUT2D eigenvalue weighted by Crippen LogP contribution is -2.33. The molecule has 0 heterocycles. The van der Waals surface area contributed by atoms with Crippen LogP contribution in [-0.2, 0) is 6.54 Å². The Bertz CT molecular complexity index is 811. The fourth-order valence-electron chi connectivity index (χ4n) is 2.35. The van der Waals surface area contributed by atoms with Gasteiger partial charge in [-0.1, -0.05) is 49.1 Å². The van der Waals surface area contributed by atoms with Gasteiger partial charge >= 0.3 is 0 Å². The molecule has 26 heavy (non-hydrogen) atoms. The summed E-state index contributed by atoms with van der Waals surface area (Å²) < 4.78 is 13.0. The topological polar surface area (TPSA) is 81.1 Å². The van der Waals surface area contributed by atoms with Gasteiger partial charge in [-0.2, -0.15) is 0 Å². The SMILES string of the molecule is C=C/C=C(\C=C(/N)NCc1ccccc1)C(N)C(=O)c1ccc(F)cc1. The molecule has 0 saturated heterocycles. The molecule has 0 spiro atoms. The average Bonchev–Trinajstić information content (AvgIpc) is 2.66. The number of benzene rings is 2. The van der Waals surface area contributed by atoms with Crippen molar-refractivity contribution in [3.63, 3.8) is 0 Å². The number of nitrogens with two attached hydrogens (primary N) is 2. The van der Waals surface area contributed by atoms with Crippen LogP contribution in [0.25, 0.3) is 0 Å². The van der Waals surface area contributed by atoms with E-state index in [0.29, 0.717) is 23.5 Å². The molecule has 0 aliphatic heterocycles. The number of ketones is 1. The fourth-order valence-corrected chi connectivity index (χ4v) is 2.35. The highest BCUT2D eigenvalue weighted by atomic mass is 19.1. The number of Topliss-reactive ketones (excluding diaryl/α,β-unsaturated/α-hetero) is 1. The number of hydrogen-bond acceptors (Lipinski definition) is 4. The molecule has 0 fully saturated rings. The molecule has 4 nitrogen and oxygen atoms in total. The fraction of sp³-hybridized carbons (Fsp3) is 0.0952. The molecule has 5 N–H and O–H groups in total. The van der Waals surface area contributed by atoms with Crippen molar-refractivity contribution in [3.05, 3.63) is 108 Å². The number of allylic oxidation sites excluding steroid dienone is 2. The van der Waals surface area contributed by atoms with E-state index < -0.39 is 11.9 Å². The van der Waals surface area contributed by atoms with Crippen LogP contribution < -0.4 is 16.8 Å². The number of carbonyl (C=O) groups excluding carboxylic acids is 1. The Morgan fingerprint density at radius 2 is 1.81 bits per heavy atom. The van der Waals surface area contributed by atoms with Gasteiger partial charge in [0.05, 0.1) is 11.9 Å². The van der Waals surface area contributed by atoms with Gasteiger partial charge in [0, 0.05) is 12.1 Å². The number of carbonyl (C=O) groups is 1. The first-order valence-corrected chi connectivity index (χ1v) is 8.14. The van der Waals surface area contributed by atoms with E-state index in [9.17, 15) is 9.18 Å². The second kappa shape index (κ2) is 9.34. The minimum Gasteiger partial charge on any atom is -0.386 e. The second-order valence-electron chi connectivity index (χ2n) is 5.69. The third kappa shape index (κ3) is 5.43. The third-order valence-electron chi connectivity index (χ3n) is 3.74. The van der Waals surface area contributed by atoms with Gasteiger partial charge in [0.15, 0.2) is 5.78 Å². The molecular weight excluding hydrogens is 329 g/mol. The van der Waals surface area contributed by atoms with Gasteiger partial charge < -0.3 is 16.8 Å². The van der Waals surface area contributed by atoms with Crippen LogP contribution in [0.2, 0.25) is 0 Å². The van der Waals surface area contributed by atoms with Crippen molar-refractivity contribution >= 4 is 5.78 Å². The van der Waals surface area contributed by atoms with E-state index >= 15 is 0 Å². The van der Waals surface area contributed by atoms with E-state index in [-0.39, 0.29) is 5.78 Å². The lowest BCUT2D eigenvalue weighted by molar-refractivity contribution is 0.0975. The minimum absolute atomic E-state index is 0.329. The molecule has 0 aliphatic carbocycles. The first-order chi connectivity index (χ1) is 12.5. The molecule has 5 heteroatoms. The van der Waals surface area contributed by atoms with E-state index in [1.165, 1.54) is 30.3 Å². The van der Waals surface area contributed by atoms with Crippen molar-refractivity contribution < 1.29 is 9.18 Å². The molecule has 134 valence electrons. The summed E-state index contributed by atoms with van der Waals surface area (Å²) in [6.45, 7) is 4.19. The molecule has 2 aromatic rings. The summed E-state index contributed by atoms with van der Waals surface area (Å²) in [4.78, 5) is 12.5. The number of halogens is 1. The Balaban J connectivity index is 2.11. The lowest BCUT2D eigenvalue weighted by Gasteiger charge is -2.14. The number of rotatable bonds is 8. The standard InChI is InChI=1S/C21H22FN3O/c1-2-6-17(13-19(23)25-14-15-7-4-3-5-8-15)20(24)21(26)16-9-11-18(22)12-10-16/h2-13,20,25H,1,14,23-24H2/b17-6+,19-13+. The second-order valence-corrected chi connectivity index (χ2v) is 5.69. The van der Waals surface area contributed by atoms with Gasteiger partial charge in [0.2, 0.25) is 0 Å². The Morgan fingerprint density at radius 1 is 1.15 bits per heavy atom. The Kier molecular flexibility index (Phi) is 6.88. The summed E-state index contributed by atoms with van der Waals surface area (Å²) in [5, 5.41) is 3.08. The van der Waals surface area contributed by atoms with Gasteiger partial charge in [0.1, 0.15) is 5.82 Å². The highest BCUT2D eigenvalue weighted by Gasteiger charge is 2.19. The van der Waals surface area contributed by atoms with Crippen LogP contribution >= 0.6 is 0 Å². The van der Waals surface area contributed by atoms with Crippen molar-refractivity contribution in [2.75, 3.05) is 0 Å². The first kappa shape index (κ1) is 19.1. The maximum atomic E-state index is 13.0. The van der Waals surface area contributed by atoms with Gasteiger partial charge in [-0.05, 0) is 41.5 Å².